The normalized spacial score (nSPS) is 12.8. The second kappa shape index (κ2) is 6.85. The van der Waals surface area contributed by atoms with Gasteiger partial charge in [-0.1, -0.05) is 17.7 Å². The van der Waals surface area contributed by atoms with Gasteiger partial charge in [-0.05, 0) is 37.1 Å². The Morgan fingerprint density at radius 3 is 3.00 bits per heavy atom. The van der Waals surface area contributed by atoms with Crippen molar-refractivity contribution in [1.29, 1.82) is 0 Å². The second-order valence-corrected chi connectivity index (χ2v) is 5.08. The van der Waals surface area contributed by atoms with E-state index in [-0.39, 0.29) is 0 Å². The van der Waals surface area contributed by atoms with Crippen LogP contribution in [0.5, 0.6) is 0 Å². The Bertz CT molecular complexity index is 545. The van der Waals surface area contributed by atoms with Crippen LogP contribution < -0.4 is 5.32 Å². The molecule has 0 aliphatic rings. The van der Waals surface area contributed by atoms with Gasteiger partial charge in [0.15, 0.2) is 0 Å². The summed E-state index contributed by atoms with van der Waals surface area (Å²) in [4.78, 5) is 4.43. The number of hydrogen-bond acceptors (Lipinski definition) is 3. The summed E-state index contributed by atoms with van der Waals surface area (Å²) in [6, 6.07) is 8.29. The standard InChI is InChI=1S/C15H19ClN2O/c1-11(7-9-19-2)18-10-12-5-6-14(16)13-4-3-8-17-15(12)13/h3-6,8,11,18H,7,9-10H2,1-2H3. The lowest BCUT2D eigenvalue weighted by Crippen LogP contribution is -2.26. The van der Waals surface area contributed by atoms with Crippen LogP contribution in [0.25, 0.3) is 10.9 Å². The van der Waals surface area contributed by atoms with Crippen molar-refractivity contribution in [3.05, 3.63) is 41.0 Å². The first-order valence-electron chi connectivity index (χ1n) is 6.47. The summed E-state index contributed by atoms with van der Waals surface area (Å²) in [5.41, 5.74) is 2.14. The molecule has 0 fully saturated rings. The Labute approximate surface area is 118 Å². The van der Waals surface area contributed by atoms with Gasteiger partial charge in [0.25, 0.3) is 0 Å². The number of methoxy groups -OCH3 is 1. The van der Waals surface area contributed by atoms with Crippen LogP contribution in [-0.2, 0) is 11.3 Å². The molecule has 1 unspecified atom stereocenters. The number of nitrogens with zero attached hydrogens (tertiary/aromatic N) is 1. The maximum atomic E-state index is 6.18. The average Bonchev–Trinajstić information content (AvgIpc) is 2.45. The SMILES string of the molecule is COCCC(C)NCc1ccc(Cl)c2cccnc12. The average molecular weight is 279 g/mol. The number of halogens is 1. The molecular weight excluding hydrogens is 260 g/mol. The lowest BCUT2D eigenvalue weighted by atomic mass is 10.1. The Morgan fingerprint density at radius 1 is 1.37 bits per heavy atom. The van der Waals surface area contributed by atoms with Gasteiger partial charge in [-0.15, -0.1) is 0 Å². The number of rotatable bonds is 6. The monoisotopic (exact) mass is 278 g/mol. The van der Waals surface area contributed by atoms with E-state index in [1.165, 1.54) is 5.56 Å². The molecule has 0 amide bonds. The number of ether oxygens (including phenoxy) is 1. The van der Waals surface area contributed by atoms with Gasteiger partial charge < -0.3 is 10.1 Å². The Morgan fingerprint density at radius 2 is 2.21 bits per heavy atom. The van der Waals surface area contributed by atoms with E-state index in [1.54, 1.807) is 13.3 Å². The molecule has 2 aromatic rings. The third kappa shape index (κ3) is 3.66. The second-order valence-electron chi connectivity index (χ2n) is 4.67. The molecule has 0 saturated carbocycles. The molecule has 0 saturated heterocycles. The van der Waals surface area contributed by atoms with E-state index in [9.17, 15) is 0 Å². The first-order valence-corrected chi connectivity index (χ1v) is 6.84. The molecule has 1 N–H and O–H groups in total. The molecule has 102 valence electrons. The summed E-state index contributed by atoms with van der Waals surface area (Å²) in [5, 5.41) is 5.24. The summed E-state index contributed by atoms with van der Waals surface area (Å²) < 4.78 is 5.08. The van der Waals surface area contributed by atoms with Gasteiger partial charge in [0.1, 0.15) is 0 Å². The molecule has 1 atom stereocenters. The van der Waals surface area contributed by atoms with E-state index in [2.05, 4.69) is 17.2 Å². The quantitative estimate of drug-likeness (QED) is 0.879. The Kier molecular flexibility index (Phi) is 5.14. The van der Waals surface area contributed by atoms with Gasteiger partial charge in [-0.3, -0.25) is 4.98 Å². The minimum Gasteiger partial charge on any atom is -0.385 e. The predicted molar refractivity (Wildman–Crippen MR) is 79.5 cm³/mol. The van der Waals surface area contributed by atoms with Crippen molar-refractivity contribution in [2.75, 3.05) is 13.7 Å². The summed E-state index contributed by atoms with van der Waals surface area (Å²) in [7, 11) is 1.73. The molecule has 19 heavy (non-hydrogen) atoms. The molecular formula is C15H19ClN2O. The van der Waals surface area contributed by atoms with Crippen molar-refractivity contribution < 1.29 is 4.74 Å². The third-order valence-electron chi connectivity index (χ3n) is 3.20. The molecule has 1 aromatic heterocycles. The number of benzene rings is 1. The van der Waals surface area contributed by atoms with Crippen molar-refractivity contribution in [1.82, 2.24) is 10.3 Å². The van der Waals surface area contributed by atoms with E-state index in [0.717, 1.165) is 35.5 Å². The van der Waals surface area contributed by atoms with Crippen LogP contribution in [-0.4, -0.2) is 24.7 Å². The fourth-order valence-electron chi connectivity index (χ4n) is 2.02. The largest absolute Gasteiger partial charge is 0.385 e. The minimum absolute atomic E-state index is 0.411. The fraction of sp³-hybridized carbons (Fsp3) is 0.400. The molecule has 3 nitrogen and oxygen atoms in total. The Hall–Kier alpha value is -1.16. The maximum absolute atomic E-state index is 6.18. The van der Waals surface area contributed by atoms with Gasteiger partial charge in [-0.25, -0.2) is 0 Å². The topological polar surface area (TPSA) is 34.1 Å². The van der Waals surface area contributed by atoms with Crippen molar-refractivity contribution in [2.24, 2.45) is 0 Å². The van der Waals surface area contributed by atoms with Gasteiger partial charge in [-0.2, -0.15) is 0 Å². The van der Waals surface area contributed by atoms with Crippen LogP contribution in [0.15, 0.2) is 30.5 Å². The van der Waals surface area contributed by atoms with Crippen LogP contribution >= 0.6 is 11.6 Å². The summed E-state index contributed by atoms with van der Waals surface area (Å²) in [6.45, 7) is 3.72. The third-order valence-corrected chi connectivity index (χ3v) is 3.53. The zero-order valence-electron chi connectivity index (χ0n) is 11.3. The van der Waals surface area contributed by atoms with Crippen LogP contribution in [0.2, 0.25) is 5.02 Å². The van der Waals surface area contributed by atoms with E-state index in [0.29, 0.717) is 6.04 Å². The zero-order chi connectivity index (χ0) is 13.7. The van der Waals surface area contributed by atoms with E-state index in [1.807, 2.05) is 24.3 Å². The van der Waals surface area contributed by atoms with E-state index in [4.69, 9.17) is 16.3 Å². The lowest BCUT2D eigenvalue weighted by molar-refractivity contribution is 0.184. The van der Waals surface area contributed by atoms with Crippen LogP contribution in [0.3, 0.4) is 0 Å². The first-order chi connectivity index (χ1) is 9.22. The highest BCUT2D eigenvalue weighted by Crippen LogP contribution is 2.24. The minimum atomic E-state index is 0.411. The van der Waals surface area contributed by atoms with Crippen molar-refractivity contribution in [2.45, 2.75) is 25.9 Å². The highest BCUT2D eigenvalue weighted by Gasteiger charge is 2.07. The number of hydrogen-bond donors (Lipinski definition) is 1. The highest BCUT2D eigenvalue weighted by molar-refractivity contribution is 6.35. The van der Waals surface area contributed by atoms with Crippen molar-refractivity contribution in [3.63, 3.8) is 0 Å². The first kappa shape index (κ1) is 14.3. The van der Waals surface area contributed by atoms with Gasteiger partial charge in [0.05, 0.1) is 5.52 Å². The predicted octanol–water partition coefficient (Wildman–Crippen LogP) is 3.40. The summed E-state index contributed by atoms with van der Waals surface area (Å²) in [5.74, 6) is 0. The van der Waals surface area contributed by atoms with E-state index < -0.39 is 0 Å². The molecule has 0 aliphatic heterocycles. The van der Waals surface area contributed by atoms with Crippen LogP contribution in [0, 0.1) is 0 Å². The fourth-order valence-corrected chi connectivity index (χ4v) is 2.24. The van der Waals surface area contributed by atoms with Gasteiger partial charge in [0, 0.05) is 42.9 Å². The Balaban J connectivity index is 2.11. The molecule has 0 radical (unpaired) electrons. The van der Waals surface area contributed by atoms with Crippen LogP contribution in [0.4, 0.5) is 0 Å². The molecule has 1 aromatic carbocycles. The lowest BCUT2D eigenvalue weighted by Gasteiger charge is -2.14. The van der Waals surface area contributed by atoms with Crippen LogP contribution in [0.1, 0.15) is 18.9 Å². The van der Waals surface area contributed by atoms with E-state index >= 15 is 0 Å². The van der Waals surface area contributed by atoms with Crippen molar-refractivity contribution >= 4 is 22.5 Å². The highest BCUT2D eigenvalue weighted by atomic mass is 35.5. The molecule has 0 aliphatic carbocycles. The zero-order valence-corrected chi connectivity index (χ0v) is 12.1. The summed E-state index contributed by atoms with van der Waals surface area (Å²) in [6.07, 6.45) is 2.80. The number of nitrogens with one attached hydrogen (secondary N) is 1. The number of fused-ring (bicyclic) bond motifs is 1. The molecule has 1 heterocycles. The smallest absolute Gasteiger partial charge is 0.0761 e. The molecule has 0 bridgehead atoms. The molecule has 0 spiro atoms. The number of pyridine rings is 1. The van der Waals surface area contributed by atoms with Gasteiger partial charge >= 0.3 is 0 Å². The molecule has 2 rings (SSSR count). The number of aromatic nitrogens is 1. The maximum Gasteiger partial charge on any atom is 0.0761 e. The molecule has 4 heteroatoms. The van der Waals surface area contributed by atoms with Crippen molar-refractivity contribution in [3.8, 4) is 0 Å². The summed E-state index contributed by atoms with van der Waals surface area (Å²) >= 11 is 6.18. The van der Waals surface area contributed by atoms with Gasteiger partial charge in [0.2, 0.25) is 0 Å².